The van der Waals surface area contributed by atoms with Crippen LogP contribution in [0.15, 0.2) is 23.2 Å². The average molecular weight is 231 g/mol. The minimum absolute atomic E-state index is 0.287. The second-order valence-corrected chi connectivity index (χ2v) is 4.83. The number of fused-ring (bicyclic) bond motifs is 1. The summed E-state index contributed by atoms with van der Waals surface area (Å²) in [6, 6.07) is 5.91. The van der Waals surface area contributed by atoms with Crippen molar-refractivity contribution >= 4 is 5.90 Å². The lowest BCUT2D eigenvalue weighted by atomic mass is 9.96. The highest BCUT2D eigenvalue weighted by molar-refractivity contribution is 6.00. The molecule has 0 bridgehead atoms. The Kier molecular flexibility index (Phi) is 2.75. The number of phenolic OH excluding ortho intramolecular Hbond substituents is 1. The predicted octanol–water partition coefficient (Wildman–Crippen LogP) is 3.00. The molecular formula is C14H17NO2. The van der Waals surface area contributed by atoms with E-state index in [0.717, 1.165) is 24.0 Å². The van der Waals surface area contributed by atoms with Crippen molar-refractivity contribution in [2.24, 2.45) is 4.99 Å². The summed E-state index contributed by atoms with van der Waals surface area (Å²) < 4.78 is 5.60. The molecule has 3 rings (SSSR count). The van der Waals surface area contributed by atoms with Gasteiger partial charge < -0.3 is 9.84 Å². The zero-order valence-corrected chi connectivity index (χ0v) is 9.85. The van der Waals surface area contributed by atoms with E-state index < -0.39 is 0 Å². The van der Waals surface area contributed by atoms with E-state index in [1.165, 1.54) is 19.3 Å². The van der Waals surface area contributed by atoms with E-state index in [4.69, 9.17) is 4.74 Å². The lowest BCUT2D eigenvalue weighted by molar-refractivity contribution is 0.306. The van der Waals surface area contributed by atoms with Gasteiger partial charge in [-0.2, -0.15) is 0 Å². The van der Waals surface area contributed by atoms with Crippen LogP contribution in [-0.4, -0.2) is 17.0 Å². The maximum atomic E-state index is 9.87. The van der Waals surface area contributed by atoms with Crippen molar-refractivity contribution in [3.8, 4) is 5.75 Å². The number of benzene rings is 1. The van der Waals surface area contributed by atoms with Crippen molar-refractivity contribution in [3.05, 3.63) is 29.3 Å². The number of aromatic hydroxyl groups is 1. The fourth-order valence-corrected chi connectivity index (χ4v) is 2.65. The molecule has 17 heavy (non-hydrogen) atoms. The van der Waals surface area contributed by atoms with Gasteiger partial charge in [0.25, 0.3) is 0 Å². The first-order chi connectivity index (χ1) is 8.34. The standard InChI is InChI=1S/C14H17NO2/c16-12-8-4-5-10-9-17-14(13(10)12)15-11-6-2-1-3-7-11/h4-5,8,11,16H,1-3,6-7,9H2. The summed E-state index contributed by atoms with van der Waals surface area (Å²) in [7, 11) is 0. The minimum atomic E-state index is 0.287. The molecule has 1 heterocycles. The Morgan fingerprint density at radius 2 is 2.00 bits per heavy atom. The molecule has 1 aliphatic heterocycles. The molecule has 3 nitrogen and oxygen atoms in total. The van der Waals surface area contributed by atoms with Gasteiger partial charge in [0, 0.05) is 5.56 Å². The number of phenols is 1. The van der Waals surface area contributed by atoms with Crippen LogP contribution in [0.25, 0.3) is 0 Å². The van der Waals surface area contributed by atoms with E-state index in [1.54, 1.807) is 6.07 Å². The summed E-state index contributed by atoms with van der Waals surface area (Å²) in [6.07, 6.45) is 6.14. The van der Waals surface area contributed by atoms with Gasteiger partial charge in [-0.25, -0.2) is 4.99 Å². The molecular weight excluding hydrogens is 214 g/mol. The van der Waals surface area contributed by atoms with Crippen molar-refractivity contribution < 1.29 is 9.84 Å². The third kappa shape index (κ3) is 2.02. The van der Waals surface area contributed by atoms with Gasteiger partial charge in [0.15, 0.2) is 0 Å². The fraction of sp³-hybridized carbons (Fsp3) is 0.500. The zero-order chi connectivity index (χ0) is 11.7. The zero-order valence-electron chi connectivity index (χ0n) is 9.85. The Morgan fingerprint density at radius 1 is 1.18 bits per heavy atom. The Hall–Kier alpha value is -1.51. The Balaban J connectivity index is 1.89. The summed E-state index contributed by atoms with van der Waals surface area (Å²) in [6.45, 7) is 0.537. The smallest absolute Gasteiger partial charge is 0.220 e. The predicted molar refractivity (Wildman–Crippen MR) is 66.3 cm³/mol. The van der Waals surface area contributed by atoms with Crippen molar-refractivity contribution in [3.63, 3.8) is 0 Å². The van der Waals surface area contributed by atoms with Crippen LogP contribution in [0.1, 0.15) is 43.2 Å². The largest absolute Gasteiger partial charge is 0.507 e. The van der Waals surface area contributed by atoms with Gasteiger partial charge in [-0.1, -0.05) is 31.4 Å². The molecule has 3 heteroatoms. The second-order valence-electron chi connectivity index (χ2n) is 4.83. The van der Waals surface area contributed by atoms with Gasteiger partial charge >= 0.3 is 0 Å². The molecule has 1 aromatic carbocycles. The summed E-state index contributed by atoms with van der Waals surface area (Å²) in [4.78, 5) is 4.67. The molecule has 2 aliphatic rings. The molecule has 0 amide bonds. The van der Waals surface area contributed by atoms with Gasteiger partial charge in [0.05, 0.1) is 11.6 Å². The van der Waals surface area contributed by atoms with E-state index in [9.17, 15) is 5.11 Å². The van der Waals surface area contributed by atoms with E-state index in [-0.39, 0.29) is 5.75 Å². The van der Waals surface area contributed by atoms with E-state index in [0.29, 0.717) is 18.5 Å². The number of ether oxygens (including phenoxy) is 1. The highest BCUT2D eigenvalue weighted by Gasteiger charge is 2.24. The lowest BCUT2D eigenvalue weighted by Crippen LogP contribution is -2.13. The average Bonchev–Trinajstić information content (AvgIpc) is 2.75. The maximum Gasteiger partial charge on any atom is 0.220 e. The number of aliphatic imine (C=N–C) groups is 1. The van der Waals surface area contributed by atoms with Crippen molar-refractivity contribution in [2.45, 2.75) is 44.8 Å². The van der Waals surface area contributed by atoms with Crippen LogP contribution < -0.4 is 0 Å². The molecule has 0 unspecified atom stereocenters. The second kappa shape index (κ2) is 4.40. The van der Waals surface area contributed by atoms with Gasteiger partial charge in [0.1, 0.15) is 12.4 Å². The molecule has 0 saturated heterocycles. The monoisotopic (exact) mass is 231 g/mol. The van der Waals surface area contributed by atoms with Crippen LogP contribution in [0.5, 0.6) is 5.75 Å². The molecule has 1 aliphatic carbocycles. The first kappa shape index (κ1) is 10.6. The van der Waals surface area contributed by atoms with Crippen molar-refractivity contribution in [1.29, 1.82) is 0 Å². The highest BCUT2D eigenvalue weighted by Crippen LogP contribution is 2.30. The first-order valence-corrected chi connectivity index (χ1v) is 6.36. The first-order valence-electron chi connectivity index (χ1n) is 6.36. The number of hydrogen-bond donors (Lipinski definition) is 1. The SMILES string of the molecule is Oc1cccc2c1C(=NC1CCCCC1)OC2. The van der Waals surface area contributed by atoms with Crippen LogP contribution in [0.3, 0.4) is 0 Å². The summed E-state index contributed by atoms with van der Waals surface area (Å²) >= 11 is 0. The molecule has 1 fully saturated rings. The van der Waals surface area contributed by atoms with Crippen molar-refractivity contribution in [1.82, 2.24) is 0 Å². The molecule has 0 atom stereocenters. The molecule has 90 valence electrons. The van der Waals surface area contributed by atoms with Crippen LogP contribution >= 0.6 is 0 Å². The molecule has 1 aromatic rings. The Labute approximate surface area is 101 Å². The Bertz CT molecular complexity index is 448. The topological polar surface area (TPSA) is 41.8 Å². The molecule has 0 radical (unpaired) electrons. The minimum Gasteiger partial charge on any atom is -0.507 e. The van der Waals surface area contributed by atoms with E-state index >= 15 is 0 Å². The highest BCUT2D eigenvalue weighted by atomic mass is 16.5. The van der Waals surface area contributed by atoms with Gasteiger partial charge in [0.2, 0.25) is 5.90 Å². The van der Waals surface area contributed by atoms with Crippen molar-refractivity contribution in [2.75, 3.05) is 0 Å². The van der Waals surface area contributed by atoms with Crippen LogP contribution in [0, 0.1) is 0 Å². The normalized spacial score (nSPS) is 22.5. The summed E-state index contributed by atoms with van der Waals surface area (Å²) in [5.41, 5.74) is 1.85. The molecule has 1 N–H and O–H groups in total. The van der Waals surface area contributed by atoms with Gasteiger partial charge in [-0.3, -0.25) is 0 Å². The number of nitrogens with zero attached hydrogens (tertiary/aromatic N) is 1. The quantitative estimate of drug-likeness (QED) is 0.807. The van der Waals surface area contributed by atoms with Gasteiger partial charge in [-0.15, -0.1) is 0 Å². The number of hydrogen-bond acceptors (Lipinski definition) is 3. The third-order valence-corrected chi connectivity index (χ3v) is 3.58. The van der Waals surface area contributed by atoms with Gasteiger partial charge in [-0.05, 0) is 18.9 Å². The third-order valence-electron chi connectivity index (χ3n) is 3.58. The molecule has 0 aromatic heterocycles. The molecule has 1 saturated carbocycles. The van der Waals surface area contributed by atoms with Crippen LogP contribution in [0.2, 0.25) is 0 Å². The fourth-order valence-electron chi connectivity index (χ4n) is 2.65. The van der Waals surface area contributed by atoms with Crippen LogP contribution in [-0.2, 0) is 11.3 Å². The van der Waals surface area contributed by atoms with E-state index in [1.807, 2.05) is 12.1 Å². The van der Waals surface area contributed by atoms with E-state index in [2.05, 4.69) is 4.99 Å². The maximum absolute atomic E-state index is 9.87. The lowest BCUT2D eigenvalue weighted by Gasteiger charge is -2.18. The Morgan fingerprint density at radius 3 is 2.82 bits per heavy atom. The summed E-state index contributed by atoms with van der Waals surface area (Å²) in [5, 5.41) is 9.87. The number of rotatable bonds is 1. The molecule has 0 spiro atoms. The summed E-state index contributed by atoms with van der Waals surface area (Å²) in [5.74, 6) is 0.930. The van der Waals surface area contributed by atoms with Crippen LogP contribution in [0.4, 0.5) is 0 Å².